The predicted octanol–water partition coefficient (Wildman–Crippen LogP) is -1.43. The van der Waals surface area contributed by atoms with Crippen LogP contribution in [-0.4, -0.2) is 32.2 Å². The van der Waals surface area contributed by atoms with Crippen LogP contribution in [0.2, 0.25) is 0 Å². The van der Waals surface area contributed by atoms with Crippen molar-refractivity contribution in [2.45, 2.75) is 0 Å². The minimum absolute atomic E-state index is 0.284. The Balaban J connectivity index is 2.58. The molecule has 2 aromatic heterocycles. The lowest BCUT2D eigenvalue weighted by Crippen LogP contribution is -2.22. The Morgan fingerprint density at radius 1 is 0.857 bits per heavy atom. The molecule has 0 aliphatic heterocycles. The number of aromatic amines is 4. The molecule has 0 bridgehead atoms. The monoisotopic (exact) mass is 296 g/mol. The van der Waals surface area contributed by atoms with E-state index in [0.29, 0.717) is 0 Å². The minimum atomic E-state index is -1.01. The number of aromatic nitrogens is 4. The molecule has 0 amide bonds. The average molecular weight is 296 g/mol. The Morgan fingerprint density at radius 3 is 1.95 bits per heavy atom. The van der Waals surface area contributed by atoms with Gasteiger partial charge in [-0.2, -0.15) is 0 Å². The number of ether oxygens (including phenoxy) is 1. The number of azo groups is 1. The molecule has 0 saturated heterocycles. The summed E-state index contributed by atoms with van der Waals surface area (Å²) in [6.45, 7) is 0. The van der Waals surface area contributed by atoms with Crippen molar-refractivity contribution in [2.24, 2.45) is 10.2 Å². The summed E-state index contributed by atoms with van der Waals surface area (Å²) in [5, 5.41) is 16.2. The summed E-state index contributed by atoms with van der Waals surface area (Å²) in [5.74, 6) is -1.11. The third kappa shape index (κ3) is 2.78. The molecule has 0 aliphatic rings. The molecular formula is C9H8N6O6. The highest BCUT2D eigenvalue weighted by molar-refractivity contribution is 5.46. The SMILES string of the molecule is COc1[nH]c(=O)[nH]c(=O)c1N=Nc1c(O)[nH]c(=O)[nH]c1=O. The molecule has 21 heavy (non-hydrogen) atoms. The highest BCUT2D eigenvalue weighted by atomic mass is 16.5. The van der Waals surface area contributed by atoms with E-state index in [1.165, 1.54) is 7.11 Å². The number of rotatable bonds is 3. The van der Waals surface area contributed by atoms with Gasteiger partial charge in [0.05, 0.1) is 7.11 Å². The van der Waals surface area contributed by atoms with E-state index in [9.17, 15) is 24.3 Å². The fourth-order valence-corrected chi connectivity index (χ4v) is 1.36. The smallest absolute Gasteiger partial charge is 0.328 e. The van der Waals surface area contributed by atoms with Gasteiger partial charge in [0.15, 0.2) is 0 Å². The Morgan fingerprint density at radius 2 is 1.38 bits per heavy atom. The maximum absolute atomic E-state index is 11.5. The maximum Gasteiger partial charge on any atom is 0.328 e. The lowest BCUT2D eigenvalue weighted by atomic mass is 10.5. The van der Waals surface area contributed by atoms with Crippen molar-refractivity contribution in [1.82, 2.24) is 19.9 Å². The second-order valence-corrected chi connectivity index (χ2v) is 3.60. The Labute approximate surface area is 113 Å². The highest BCUT2D eigenvalue weighted by Crippen LogP contribution is 2.22. The zero-order valence-electron chi connectivity index (χ0n) is 10.4. The molecule has 2 aromatic rings. The van der Waals surface area contributed by atoms with Crippen molar-refractivity contribution in [2.75, 3.05) is 7.11 Å². The van der Waals surface area contributed by atoms with Crippen LogP contribution in [0.1, 0.15) is 0 Å². The zero-order chi connectivity index (χ0) is 15.6. The van der Waals surface area contributed by atoms with Gasteiger partial charge < -0.3 is 9.84 Å². The normalized spacial score (nSPS) is 10.9. The second-order valence-electron chi connectivity index (χ2n) is 3.60. The minimum Gasteiger partial charge on any atom is -0.493 e. The molecule has 5 N–H and O–H groups in total. The lowest BCUT2D eigenvalue weighted by Gasteiger charge is -2.00. The van der Waals surface area contributed by atoms with Crippen LogP contribution >= 0.6 is 0 Å². The Bertz CT molecular complexity index is 931. The van der Waals surface area contributed by atoms with E-state index in [4.69, 9.17) is 4.74 Å². The average Bonchev–Trinajstić information content (AvgIpc) is 2.38. The van der Waals surface area contributed by atoms with E-state index in [1.807, 2.05) is 15.0 Å². The van der Waals surface area contributed by atoms with Crippen LogP contribution in [0.15, 0.2) is 29.4 Å². The molecular weight excluding hydrogens is 288 g/mol. The molecule has 0 atom stereocenters. The fraction of sp³-hybridized carbons (Fsp3) is 0.111. The quantitative estimate of drug-likeness (QED) is 0.432. The third-order valence-corrected chi connectivity index (χ3v) is 2.24. The highest BCUT2D eigenvalue weighted by Gasteiger charge is 2.11. The molecule has 0 fully saturated rings. The van der Waals surface area contributed by atoms with E-state index in [0.717, 1.165) is 0 Å². The molecule has 0 saturated carbocycles. The maximum atomic E-state index is 11.5. The van der Waals surface area contributed by atoms with Gasteiger partial charge in [-0.3, -0.25) is 29.5 Å². The van der Waals surface area contributed by atoms with Crippen LogP contribution in [0.4, 0.5) is 11.4 Å². The number of aromatic hydroxyl groups is 1. The Hall–Kier alpha value is -3.44. The first-order chi connectivity index (χ1) is 9.92. The zero-order valence-corrected chi connectivity index (χ0v) is 10.4. The summed E-state index contributed by atoms with van der Waals surface area (Å²) in [5.41, 5.74) is -4.74. The van der Waals surface area contributed by atoms with Gasteiger partial charge in [0.2, 0.25) is 23.1 Å². The van der Waals surface area contributed by atoms with Gasteiger partial charge in [-0.25, -0.2) is 9.59 Å². The number of methoxy groups -OCH3 is 1. The standard InChI is InChI=1S/C9H8N6O6/c1-21-7-3(6(18)12-9(20)13-7)15-14-2-4(16)10-8(19)11-5(2)17/h1H3,(H2,12,13,18,20)(H3,10,11,16,17,19). The summed E-state index contributed by atoms with van der Waals surface area (Å²) in [6.07, 6.45) is 0. The van der Waals surface area contributed by atoms with E-state index >= 15 is 0 Å². The molecule has 0 aliphatic carbocycles. The third-order valence-electron chi connectivity index (χ3n) is 2.24. The van der Waals surface area contributed by atoms with Crippen LogP contribution in [0.5, 0.6) is 11.8 Å². The van der Waals surface area contributed by atoms with Gasteiger partial charge >= 0.3 is 11.4 Å². The van der Waals surface area contributed by atoms with E-state index in [-0.39, 0.29) is 5.88 Å². The van der Waals surface area contributed by atoms with Gasteiger partial charge in [-0.15, -0.1) is 10.2 Å². The first-order valence-corrected chi connectivity index (χ1v) is 5.30. The molecule has 0 spiro atoms. The van der Waals surface area contributed by atoms with E-state index in [2.05, 4.69) is 15.2 Å². The van der Waals surface area contributed by atoms with Crippen molar-refractivity contribution in [3.63, 3.8) is 0 Å². The summed E-state index contributed by atoms with van der Waals surface area (Å²) in [4.78, 5) is 52.6. The topological polar surface area (TPSA) is 186 Å². The fourth-order valence-electron chi connectivity index (χ4n) is 1.36. The molecule has 2 heterocycles. The second kappa shape index (κ2) is 5.28. The number of nitrogens with zero attached hydrogens (tertiary/aromatic N) is 2. The van der Waals surface area contributed by atoms with Crippen molar-refractivity contribution in [3.8, 4) is 11.8 Å². The first-order valence-electron chi connectivity index (χ1n) is 5.30. The van der Waals surface area contributed by atoms with Crippen LogP contribution in [-0.2, 0) is 0 Å². The van der Waals surface area contributed by atoms with Crippen LogP contribution < -0.4 is 27.2 Å². The molecule has 110 valence electrons. The van der Waals surface area contributed by atoms with E-state index < -0.39 is 39.8 Å². The predicted molar refractivity (Wildman–Crippen MR) is 67.8 cm³/mol. The summed E-state index contributed by atoms with van der Waals surface area (Å²) < 4.78 is 4.74. The van der Waals surface area contributed by atoms with Gasteiger partial charge in [0, 0.05) is 0 Å². The number of H-pyrrole nitrogens is 4. The van der Waals surface area contributed by atoms with E-state index in [1.54, 1.807) is 0 Å². The van der Waals surface area contributed by atoms with Crippen LogP contribution in [0.3, 0.4) is 0 Å². The van der Waals surface area contributed by atoms with Gasteiger partial charge in [-0.1, -0.05) is 0 Å². The molecule has 12 heteroatoms. The largest absolute Gasteiger partial charge is 0.493 e. The lowest BCUT2D eigenvalue weighted by molar-refractivity contribution is 0.395. The van der Waals surface area contributed by atoms with Crippen molar-refractivity contribution >= 4 is 11.4 Å². The number of hydrogen-bond acceptors (Lipinski definition) is 8. The van der Waals surface area contributed by atoms with Gasteiger partial charge in [-0.05, 0) is 0 Å². The summed E-state index contributed by atoms with van der Waals surface area (Å²) in [7, 11) is 1.17. The number of hydrogen-bond donors (Lipinski definition) is 5. The van der Waals surface area contributed by atoms with Crippen molar-refractivity contribution in [1.29, 1.82) is 0 Å². The first kappa shape index (κ1) is 14.0. The summed E-state index contributed by atoms with van der Waals surface area (Å²) in [6, 6.07) is 0. The molecule has 0 radical (unpaired) electrons. The van der Waals surface area contributed by atoms with Crippen LogP contribution in [0.25, 0.3) is 0 Å². The Kier molecular flexibility index (Phi) is 3.51. The van der Waals surface area contributed by atoms with Crippen molar-refractivity contribution in [3.05, 3.63) is 41.7 Å². The van der Waals surface area contributed by atoms with Gasteiger partial charge in [0.25, 0.3) is 11.1 Å². The van der Waals surface area contributed by atoms with Crippen LogP contribution in [0, 0.1) is 0 Å². The van der Waals surface area contributed by atoms with Crippen molar-refractivity contribution < 1.29 is 9.84 Å². The molecule has 12 nitrogen and oxygen atoms in total. The molecule has 0 unspecified atom stereocenters. The molecule has 0 aromatic carbocycles. The molecule has 2 rings (SSSR count). The summed E-state index contributed by atoms with van der Waals surface area (Å²) >= 11 is 0. The van der Waals surface area contributed by atoms with Gasteiger partial charge in [0.1, 0.15) is 0 Å². The number of nitrogens with one attached hydrogen (secondary N) is 4.